The van der Waals surface area contributed by atoms with Gasteiger partial charge in [-0.3, -0.25) is 0 Å². The summed E-state index contributed by atoms with van der Waals surface area (Å²) in [5, 5.41) is 0. The van der Waals surface area contributed by atoms with Crippen LogP contribution in [0.2, 0.25) is 0 Å². The van der Waals surface area contributed by atoms with Crippen LogP contribution in [0, 0.1) is 17.8 Å². The van der Waals surface area contributed by atoms with Gasteiger partial charge >= 0.3 is 11.9 Å². The number of rotatable bonds is 19. The van der Waals surface area contributed by atoms with Gasteiger partial charge in [0.2, 0.25) is 0 Å². The summed E-state index contributed by atoms with van der Waals surface area (Å²) in [4.78, 5) is 22.7. The van der Waals surface area contributed by atoms with Crippen molar-refractivity contribution in [1.82, 2.24) is 0 Å². The fourth-order valence-corrected chi connectivity index (χ4v) is 3.98. The van der Waals surface area contributed by atoms with Crippen LogP contribution in [0.5, 0.6) is 0 Å². The third kappa shape index (κ3) is 29.2. The molecule has 0 heterocycles. The van der Waals surface area contributed by atoms with E-state index in [1.807, 2.05) is 46.8 Å². The minimum absolute atomic E-state index is 0.0222. The van der Waals surface area contributed by atoms with Gasteiger partial charge in [-0.15, -0.1) is 0 Å². The Bertz CT molecular complexity index is 814. The van der Waals surface area contributed by atoms with Crippen molar-refractivity contribution in [2.24, 2.45) is 17.8 Å². The molecule has 0 radical (unpaired) electrons. The number of hydrogen-bond donors (Lipinski definition) is 0. The minimum atomic E-state index is -0.271. The van der Waals surface area contributed by atoms with Gasteiger partial charge in [0.25, 0.3) is 0 Å². The van der Waals surface area contributed by atoms with Crippen molar-refractivity contribution in [3.05, 3.63) is 47.6 Å². The molecule has 0 N–H and O–H groups in total. The molecular weight excluding hydrogens is 512 g/mol. The number of allylic oxidation sites excluding steroid dienone is 6. The lowest BCUT2D eigenvalue weighted by atomic mass is 9.95. The fourth-order valence-electron chi connectivity index (χ4n) is 3.98. The van der Waals surface area contributed by atoms with E-state index in [-0.39, 0.29) is 23.6 Å². The number of hydrogen-bond acceptors (Lipinski definition) is 5. The SMILES string of the molecule is CCOC(=O)C=C(C)C=CCC(C)CCCC(C)C.COC(C)(C)CCCC(C)CC=CC(C)=CC(=O)OC(C)C. The maximum atomic E-state index is 11.5. The summed E-state index contributed by atoms with van der Waals surface area (Å²) >= 11 is 0. The minimum Gasteiger partial charge on any atom is -0.463 e. The third-order valence-corrected chi connectivity index (χ3v) is 6.67. The highest BCUT2D eigenvalue weighted by Crippen LogP contribution is 2.21. The molecule has 0 aromatic carbocycles. The average Bonchev–Trinajstić information content (AvgIpc) is 2.83. The number of carbonyl (C=O) groups is 2. The van der Waals surface area contributed by atoms with E-state index in [9.17, 15) is 9.59 Å². The molecule has 0 saturated carbocycles. The van der Waals surface area contributed by atoms with Gasteiger partial charge in [0.05, 0.1) is 18.3 Å². The molecule has 0 aromatic rings. The molecule has 41 heavy (non-hydrogen) atoms. The first kappa shape index (κ1) is 41.0. The second-order valence-corrected chi connectivity index (χ2v) is 12.7. The Kier molecular flexibility index (Phi) is 24.5. The molecule has 0 saturated heterocycles. The van der Waals surface area contributed by atoms with Crippen molar-refractivity contribution in [1.29, 1.82) is 0 Å². The van der Waals surface area contributed by atoms with Gasteiger partial charge in [-0.2, -0.15) is 0 Å². The highest BCUT2D eigenvalue weighted by Gasteiger charge is 2.15. The van der Waals surface area contributed by atoms with E-state index in [1.165, 1.54) is 32.1 Å². The van der Waals surface area contributed by atoms with Crippen molar-refractivity contribution >= 4 is 11.9 Å². The van der Waals surface area contributed by atoms with Crippen LogP contribution in [0.4, 0.5) is 0 Å². The van der Waals surface area contributed by atoms with E-state index in [1.54, 1.807) is 19.3 Å². The van der Waals surface area contributed by atoms with Crippen molar-refractivity contribution in [3.8, 4) is 0 Å². The Morgan fingerprint density at radius 2 is 1.24 bits per heavy atom. The Hall–Kier alpha value is -2.14. The maximum absolute atomic E-state index is 11.5. The molecular formula is C36H64O5. The zero-order chi connectivity index (χ0) is 31.8. The first-order valence-corrected chi connectivity index (χ1v) is 15.7. The lowest BCUT2D eigenvalue weighted by Gasteiger charge is -2.23. The molecule has 0 aliphatic heterocycles. The van der Waals surface area contributed by atoms with E-state index in [0.717, 1.165) is 36.3 Å². The molecule has 0 bridgehead atoms. The van der Waals surface area contributed by atoms with Crippen LogP contribution in [0.15, 0.2) is 47.6 Å². The van der Waals surface area contributed by atoms with Gasteiger partial charge in [0.15, 0.2) is 0 Å². The van der Waals surface area contributed by atoms with Gasteiger partial charge in [-0.1, -0.05) is 84.1 Å². The van der Waals surface area contributed by atoms with E-state index < -0.39 is 0 Å². The number of carbonyl (C=O) groups excluding carboxylic acids is 2. The normalized spacial score (nSPS) is 14.4. The van der Waals surface area contributed by atoms with Crippen LogP contribution in [-0.4, -0.2) is 37.4 Å². The molecule has 238 valence electrons. The van der Waals surface area contributed by atoms with Gasteiger partial charge < -0.3 is 14.2 Å². The van der Waals surface area contributed by atoms with E-state index in [2.05, 4.69) is 53.7 Å². The maximum Gasteiger partial charge on any atom is 0.331 e. The third-order valence-electron chi connectivity index (χ3n) is 6.67. The summed E-state index contributed by atoms with van der Waals surface area (Å²) in [6.45, 7) is 23.1. The van der Waals surface area contributed by atoms with Crippen molar-refractivity contribution in [3.63, 3.8) is 0 Å². The highest BCUT2D eigenvalue weighted by atomic mass is 16.5. The van der Waals surface area contributed by atoms with E-state index >= 15 is 0 Å². The molecule has 0 fully saturated rings. The zero-order valence-electron chi connectivity index (χ0n) is 28.7. The van der Waals surface area contributed by atoms with Gasteiger partial charge in [-0.25, -0.2) is 9.59 Å². The summed E-state index contributed by atoms with van der Waals surface area (Å²) in [5.41, 5.74) is 1.86. The smallest absolute Gasteiger partial charge is 0.331 e. The molecule has 0 aliphatic carbocycles. The summed E-state index contributed by atoms with van der Waals surface area (Å²) in [7, 11) is 1.77. The monoisotopic (exact) mass is 576 g/mol. The van der Waals surface area contributed by atoms with Gasteiger partial charge in [0.1, 0.15) is 0 Å². The van der Waals surface area contributed by atoms with Gasteiger partial charge in [0, 0.05) is 19.3 Å². The number of methoxy groups -OCH3 is 1. The molecule has 0 amide bonds. The van der Waals surface area contributed by atoms with Crippen LogP contribution < -0.4 is 0 Å². The fraction of sp³-hybridized carbons (Fsp3) is 0.722. The Balaban J connectivity index is 0. The molecule has 0 spiro atoms. The topological polar surface area (TPSA) is 61.8 Å². The predicted octanol–water partition coefficient (Wildman–Crippen LogP) is 9.97. The predicted molar refractivity (Wildman–Crippen MR) is 175 cm³/mol. The first-order valence-electron chi connectivity index (χ1n) is 15.7. The van der Waals surface area contributed by atoms with Crippen LogP contribution in [0.1, 0.15) is 128 Å². The summed E-state index contributed by atoms with van der Waals surface area (Å²) in [5.74, 6) is 1.63. The average molecular weight is 577 g/mol. The molecule has 0 aromatic heterocycles. The van der Waals surface area contributed by atoms with Crippen LogP contribution >= 0.6 is 0 Å². The molecule has 0 aliphatic rings. The molecule has 5 nitrogen and oxygen atoms in total. The summed E-state index contributed by atoms with van der Waals surface area (Å²) in [6, 6.07) is 0. The molecule has 0 rings (SSSR count). The van der Waals surface area contributed by atoms with Gasteiger partial charge in [-0.05, 0) is 96.6 Å². The van der Waals surface area contributed by atoms with Crippen molar-refractivity contribution in [2.45, 2.75) is 139 Å². The lowest BCUT2D eigenvalue weighted by molar-refractivity contribution is -0.141. The molecule has 2 unspecified atom stereocenters. The largest absolute Gasteiger partial charge is 0.463 e. The summed E-state index contributed by atoms with van der Waals surface area (Å²) < 4.78 is 15.4. The van der Waals surface area contributed by atoms with Crippen LogP contribution in [-0.2, 0) is 23.8 Å². The second-order valence-electron chi connectivity index (χ2n) is 12.7. The first-order chi connectivity index (χ1) is 19.1. The Morgan fingerprint density at radius 1 is 0.756 bits per heavy atom. The van der Waals surface area contributed by atoms with E-state index in [0.29, 0.717) is 18.4 Å². The van der Waals surface area contributed by atoms with Crippen LogP contribution in [0.3, 0.4) is 0 Å². The number of ether oxygens (including phenoxy) is 3. The molecule has 2 atom stereocenters. The summed E-state index contributed by atoms with van der Waals surface area (Å²) in [6.07, 6.45) is 20.8. The van der Waals surface area contributed by atoms with Crippen molar-refractivity contribution in [2.75, 3.05) is 13.7 Å². The lowest BCUT2D eigenvalue weighted by Crippen LogP contribution is -2.22. The van der Waals surface area contributed by atoms with Crippen molar-refractivity contribution < 1.29 is 23.8 Å². The van der Waals surface area contributed by atoms with E-state index in [4.69, 9.17) is 14.2 Å². The quantitative estimate of drug-likeness (QED) is 0.0870. The Morgan fingerprint density at radius 3 is 1.68 bits per heavy atom. The number of esters is 2. The Labute approximate surface area is 253 Å². The second kappa shape index (κ2) is 24.5. The standard InChI is InChI=1S/C19H34O3.C17H30O2/c1-15(2)22-18(20)14-17(4)11-8-10-16(3)12-9-13-19(5,6)21-7;1-6-19-17(18)13-16(5)12-8-11-15(4)10-7-9-14(2)3/h8,11,14-16H,9-10,12-13H2,1-7H3;8,12-15H,6-7,9-11H2,1-5H3. The highest BCUT2D eigenvalue weighted by molar-refractivity contribution is 5.83. The zero-order valence-corrected chi connectivity index (χ0v) is 28.7. The molecule has 5 heteroatoms. The van der Waals surface area contributed by atoms with Crippen LogP contribution in [0.25, 0.3) is 0 Å².